The molecule has 172 valence electrons. The van der Waals surface area contributed by atoms with Crippen LogP contribution in [-0.4, -0.2) is 29.8 Å². The Bertz CT molecular complexity index is 1220. The van der Waals surface area contributed by atoms with Crippen molar-refractivity contribution in [3.63, 3.8) is 0 Å². The molecule has 8 heteroatoms. The van der Waals surface area contributed by atoms with Crippen molar-refractivity contribution in [3.8, 4) is 16.2 Å². The van der Waals surface area contributed by atoms with E-state index >= 15 is 0 Å². The van der Waals surface area contributed by atoms with Crippen LogP contribution in [0, 0.1) is 5.82 Å². The third-order valence-corrected chi connectivity index (χ3v) is 6.15. The second kappa shape index (κ2) is 9.54. The van der Waals surface area contributed by atoms with E-state index in [1.165, 1.54) is 29.0 Å². The lowest BCUT2D eigenvalue weighted by Crippen LogP contribution is -2.20. The van der Waals surface area contributed by atoms with Gasteiger partial charge in [-0.05, 0) is 41.7 Å². The number of carbonyl (C=O) groups excluding carboxylic acids is 2. The van der Waals surface area contributed by atoms with Crippen LogP contribution in [-0.2, 0) is 10.2 Å². The average Bonchev–Trinajstić information content (AvgIpc) is 3.17. The van der Waals surface area contributed by atoms with Crippen molar-refractivity contribution in [1.29, 1.82) is 0 Å². The molecule has 1 aromatic heterocycles. The Kier molecular flexibility index (Phi) is 6.98. The number of methoxy groups -OCH3 is 1. The van der Waals surface area contributed by atoms with Gasteiger partial charge in [0.15, 0.2) is 0 Å². The maximum atomic E-state index is 14.1. The number of benzene rings is 2. The van der Waals surface area contributed by atoms with E-state index in [2.05, 4.69) is 36.0 Å². The van der Waals surface area contributed by atoms with E-state index in [9.17, 15) is 19.1 Å². The van der Waals surface area contributed by atoms with Crippen molar-refractivity contribution in [2.75, 3.05) is 7.11 Å². The SMILES string of the molecule is COC(=O)c1ccc(C(=O)N/N=C(\C)c2csc(-c3ccc(C(C)(C)C)cc3)c2O)cc1F. The summed E-state index contributed by atoms with van der Waals surface area (Å²) < 4.78 is 18.6. The number of nitrogens with zero attached hydrogens (tertiary/aromatic N) is 1. The van der Waals surface area contributed by atoms with Gasteiger partial charge in [0.2, 0.25) is 0 Å². The Balaban J connectivity index is 1.77. The number of carbonyl (C=O) groups is 2. The third-order valence-electron chi connectivity index (χ3n) is 5.13. The van der Waals surface area contributed by atoms with Gasteiger partial charge in [0.25, 0.3) is 5.91 Å². The van der Waals surface area contributed by atoms with Crippen LogP contribution >= 0.6 is 11.3 Å². The second-order valence-corrected chi connectivity index (χ2v) is 9.36. The monoisotopic (exact) mass is 468 g/mol. The Morgan fingerprint density at radius 1 is 1.09 bits per heavy atom. The van der Waals surface area contributed by atoms with Gasteiger partial charge in [0.05, 0.1) is 28.8 Å². The van der Waals surface area contributed by atoms with E-state index in [1.54, 1.807) is 12.3 Å². The molecule has 0 fully saturated rings. The van der Waals surface area contributed by atoms with Gasteiger partial charge in [-0.15, -0.1) is 11.3 Å². The molecule has 0 aliphatic heterocycles. The molecule has 0 aliphatic rings. The summed E-state index contributed by atoms with van der Waals surface area (Å²) >= 11 is 1.37. The topological polar surface area (TPSA) is 88.0 Å². The van der Waals surface area contributed by atoms with Crippen LogP contribution in [0.2, 0.25) is 0 Å². The van der Waals surface area contributed by atoms with Gasteiger partial charge in [0.1, 0.15) is 11.6 Å². The van der Waals surface area contributed by atoms with Crippen molar-refractivity contribution in [1.82, 2.24) is 5.43 Å². The summed E-state index contributed by atoms with van der Waals surface area (Å²) in [5.74, 6) is -2.28. The third kappa shape index (κ3) is 5.28. The van der Waals surface area contributed by atoms with E-state index in [0.717, 1.165) is 18.7 Å². The first-order valence-electron chi connectivity index (χ1n) is 10.2. The lowest BCUT2D eigenvalue weighted by molar-refractivity contribution is 0.0595. The van der Waals surface area contributed by atoms with Crippen LogP contribution in [0.4, 0.5) is 4.39 Å². The fraction of sp³-hybridized carbons (Fsp3) is 0.240. The molecule has 0 spiro atoms. The fourth-order valence-electron chi connectivity index (χ4n) is 3.13. The highest BCUT2D eigenvalue weighted by molar-refractivity contribution is 7.14. The summed E-state index contributed by atoms with van der Waals surface area (Å²) in [5, 5.41) is 16.5. The first-order chi connectivity index (χ1) is 15.5. The van der Waals surface area contributed by atoms with Crippen LogP contribution in [0.3, 0.4) is 0 Å². The van der Waals surface area contributed by atoms with Crippen molar-refractivity contribution >= 4 is 28.9 Å². The number of halogens is 1. The molecule has 6 nitrogen and oxygen atoms in total. The van der Waals surface area contributed by atoms with Crippen molar-refractivity contribution in [3.05, 3.63) is 75.9 Å². The summed E-state index contributed by atoms with van der Waals surface area (Å²) in [7, 11) is 1.14. The maximum absolute atomic E-state index is 14.1. The van der Waals surface area contributed by atoms with Crippen molar-refractivity contribution < 1.29 is 23.8 Å². The maximum Gasteiger partial charge on any atom is 0.340 e. The highest BCUT2D eigenvalue weighted by Gasteiger charge is 2.18. The lowest BCUT2D eigenvalue weighted by atomic mass is 9.86. The van der Waals surface area contributed by atoms with Gasteiger partial charge in [-0.1, -0.05) is 45.0 Å². The highest BCUT2D eigenvalue weighted by atomic mass is 32.1. The highest BCUT2D eigenvalue weighted by Crippen LogP contribution is 2.39. The van der Waals surface area contributed by atoms with Crippen molar-refractivity contribution in [2.24, 2.45) is 5.10 Å². The summed E-state index contributed by atoms with van der Waals surface area (Å²) in [6.45, 7) is 8.06. The molecule has 0 unspecified atom stereocenters. The molecular formula is C25H25FN2O4S. The standard InChI is InChI=1S/C25H25FN2O4S/c1-14(27-28-23(30)16-8-11-18(20(26)12-16)24(31)32-5)19-13-33-22(21(19)29)15-6-9-17(10-7-15)25(2,3)4/h6-13,29H,1-5H3,(H,28,30)/b27-14+. The van der Waals surface area contributed by atoms with E-state index in [-0.39, 0.29) is 22.3 Å². The number of amides is 1. The first-order valence-corrected chi connectivity index (χ1v) is 11.0. The number of hydrogen-bond donors (Lipinski definition) is 2. The quantitative estimate of drug-likeness (QED) is 0.294. The lowest BCUT2D eigenvalue weighted by Gasteiger charge is -2.19. The molecule has 0 aliphatic carbocycles. The van der Waals surface area contributed by atoms with Crippen molar-refractivity contribution in [2.45, 2.75) is 33.1 Å². The molecule has 1 heterocycles. The Hall–Kier alpha value is -3.52. The van der Waals surface area contributed by atoms with E-state index in [4.69, 9.17) is 0 Å². The van der Waals surface area contributed by atoms with Crippen LogP contribution in [0.25, 0.3) is 10.4 Å². The molecule has 0 atom stereocenters. The normalized spacial score (nSPS) is 11.9. The molecule has 2 N–H and O–H groups in total. The smallest absolute Gasteiger partial charge is 0.340 e. The van der Waals surface area contributed by atoms with Gasteiger partial charge < -0.3 is 9.84 Å². The average molecular weight is 469 g/mol. The minimum absolute atomic E-state index is 0.00845. The Morgan fingerprint density at radius 2 is 1.76 bits per heavy atom. The molecule has 3 aromatic rings. The van der Waals surface area contributed by atoms with E-state index < -0.39 is 17.7 Å². The van der Waals surface area contributed by atoms with Crippen LogP contribution < -0.4 is 5.43 Å². The Morgan fingerprint density at radius 3 is 2.33 bits per heavy atom. The largest absolute Gasteiger partial charge is 0.506 e. The molecule has 33 heavy (non-hydrogen) atoms. The number of nitrogens with one attached hydrogen (secondary N) is 1. The number of hydrazone groups is 1. The molecule has 3 rings (SSSR count). The predicted molar refractivity (Wildman–Crippen MR) is 128 cm³/mol. The molecule has 2 aromatic carbocycles. The molecule has 0 saturated heterocycles. The minimum atomic E-state index is -0.868. The first kappa shape index (κ1) is 24.1. The Labute approximate surface area is 195 Å². The number of esters is 1. The van der Waals surface area contributed by atoms with Crippen LogP contribution in [0.15, 0.2) is 52.9 Å². The van der Waals surface area contributed by atoms with Gasteiger partial charge in [-0.25, -0.2) is 14.6 Å². The minimum Gasteiger partial charge on any atom is -0.506 e. The molecular weight excluding hydrogens is 443 g/mol. The summed E-state index contributed by atoms with van der Waals surface area (Å²) in [4.78, 5) is 24.5. The van der Waals surface area contributed by atoms with Gasteiger partial charge in [0, 0.05) is 10.9 Å². The van der Waals surface area contributed by atoms with Gasteiger partial charge >= 0.3 is 5.97 Å². The number of aromatic hydroxyl groups is 1. The summed E-state index contributed by atoms with van der Waals surface area (Å²) in [6.07, 6.45) is 0. The van der Waals surface area contributed by atoms with E-state index in [0.29, 0.717) is 16.2 Å². The van der Waals surface area contributed by atoms with Crippen LogP contribution in [0.5, 0.6) is 5.75 Å². The predicted octanol–water partition coefficient (Wildman–Crippen LogP) is 5.50. The molecule has 0 radical (unpaired) electrons. The molecule has 0 bridgehead atoms. The molecule has 1 amide bonds. The van der Waals surface area contributed by atoms with Gasteiger partial charge in [-0.3, -0.25) is 4.79 Å². The number of ether oxygens (including phenoxy) is 1. The molecule has 0 saturated carbocycles. The number of thiophene rings is 1. The summed E-state index contributed by atoms with van der Waals surface area (Å²) in [5.41, 5.74) is 5.06. The summed E-state index contributed by atoms with van der Waals surface area (Å²) in [6, 6.07) is 11.4. The zero-order valence-corrected chi connectivity index (χ0v) is 19.8. The fourth-order valence-corrected chi connectivity index (χ4v) is 4.14. The zero-order valence-electron chi connectivity index (χ0n) is 19.0. The van der Waals surface area contributed by atoms with Gasteiger partial charge in [-0.2, -0.15) is 5.10 Å². The second-order valence-electron chi connectivity index (χ2n) is 8.48. The number of hydrogen-bond acceptors (Lipinski definition) is 6. The van der Waals surface area contributed by atoms with E-state index in [1.807, 2.05) is 24.3 Å². The zero-order chi connectivity index (χ0) is 24.3. The van der Waals surface area contributed by atoms with Crippen LogP contribution in [0.1, 0.15) is 59.5 Å². The number of rotatable bonds is 5.